The number of hydrogen-bond acceptors (Lipinski definition) is 6. The van der Waals surface area contributed by atoms with Crippen molar-refractivity contribution in [3.63, 3.8) is 0 Å². The second-order valence-electron chi connectivity index (χ2n) is 4.97. The lowest BCUT2D eigenvalue weighted by molar-refractivity contribution is 0.102. The summed E-state index contributed by atoms with van der Waals surface area (Å²) in [5.41, 5.74) is 1.76. The molecule has 0 spiro atoms. The van der Waals surface area contributed by atoms with Crippen LogP contribution in [0.5, 0.6) is 0 Å². The van der Waals surface area contributed by atoms with E-state index in [9.17, 15) is 4.79 Å². The van der Waals surface area contributed by atoms with Gasteiger partial charge in [-0.15, -0.1) is 21.5 Å². The van der Waals surface area contributed by atoms with Crippen LogP contribution < -0.4 is 5.32 Å². The van der Waals surface area contributed by atoms with Crippen LogP contribution in [0.15, 0.2) is 35.8 Å². The van der Waals surface area contributed by atoms with Gasteiger partial charge >= 0.3 is 0 Å². The Bertz CT molecular complexity index is 763. The first-order chi connectivity index (χ1) is 10.6. The molecule has 1 N–H and O–H groups in total. The minimum absolute atomic E-state index is 0.230. The first kappa shape index (κ1) is 14.8. The molecular weight excluding hydrogens is 316 g/mol. The molecule has 0 fully saturated rings. The van der Waals surface area contributed by atoms with Crippen LogP contribution >= 0.6 is 22.7 Å². The lowest BCUT2D eigenvalue weighted by Crippen LogP contribution is -2.11. The normalized spacial score (nSPS) is 10.9. The fourth-order valence-corrected chi connectivity index (χ4v) is 3.19. The van der Waals surface area contributed by atoms with Gasteiger partial charge in [0, 0.05) is 28.7 Å². The Morgan fingerprint density at radius 2 is 1.95 bits per heavy atom. The van der Waals surface area contributed by atoms with Crippen molar-refractivity contribution in [1.82, 2.24) is 15.2 Å². The van der Waals surface area contributed by atoms with E-state index < -0.39 is 0 Å². The molecule has 0 aliphatic carbocycles. The van der Waals surface area contributed by atoms with Crippen molar-refractivity contribution in [1.29, 1.82) is 0 Å². The van der Waals surface area contributed by atoms with Crippen molar-refractivity contribution in [3.8, 4) is 10.6 Å². The molecule has 5 nitrogen and oxygen atoms in total. The van der Waals surface area contributed by atoms with Crippen LogP contribution in [0.3, 0.4) is 0 Å². The maximum absolute atomic E-state index is 12.2. The van der Waals surface area contributed by atoms with Gasteiger partial charge in [0.15, 0.2) is 0 Å². The quantitative estimate of drug-likeness (QED) is 0.784. The topological polar surface area (TPSA) is 67.8 Å². The van der Waals surface area contributed by atoms with Gasteiger partial charge in [-0.2, -0.15) is 0 Å². The van der Waals surface area contributed by atoms with Crippen LogP contribution in [0.2, 0.25) is 0 Å². The molecule has 0 aliphatic heterocycles. The van der Waals surface area contributed by atoms with E-state index in [1.54, 1.807) is 17.5 Å². The SMILES string of the molecule is CC(C)c1nnc(C(=O)Nc2ccc(-c3nccs3)cc2)s1. The summed E-state index contributed by atoms with van der Waals surface area (Å²) in [6.45, 7) is 4.05. The molecule has 1 aromatic carbocycles. The standard InChI is InChI=1S/C15H14N4OS2/c1-9(2)13-18-19-15(22-13)12(20)17-11-5-3-10(4-6-11)14-16-7-8-21-14/h3-9H,1-2H3,(H,17,20). The molecule has 0 atom stereocenters. The number of carbonyl (C=O) groups excluding carboxylic acids is 1. The minimum Gasteiger partial charge on any atom is -0.320 e. The Morgan fingerprint density at radius 1 is 1.18 bits per heavy atom. The van der Waals surface area contributed by atoms with Gasteiger partial charge in [0.2, 0.25) is 5.01 Å². The lowest BCUT2D eigenvalue weighted by Gasteiger charge is -2.03. The molecule has 2 aromatic heterocycles. The third kappa shape index (κ3) is 3.20. The van der Waals surface area contributed by atoms with Crippen LogP contribution in [0.25, 0.3) is 10.6 Å². The van der Waals surface area contributed by atoms with Crippen molar-refractivity contribution in [2.24, 2.45) is 0 Å². The van der Waals surface area contributed by atoms with Gasteiger partial charge in [-0.1, -0.05) is 25.2 Å². The monoisotopic (exact) mass is 330 g/mol. The Labute approximate surface area is 136 Å². The second kappa shape index (κ2) is 6.33. The third-order valence-corrected chi connectivity index (χ3v) is 5.00. The van der Waals surface area contributed by atoms with Gasteiger partial charge in [-0.25, -0.2) is 4.98 Å². The average Bonchev–Trinajstić information content (AvgIpc) is 3.20. The minimum atomic E-state index is -0.230. The molecular formula is C15H14N4OS2. The highest BCUT2D eigenvalue weighted by molar-refractivity contribution is 7.13. The number of thiazole rings is 1. The summed E-state index contributed by atoms with van der Waals surface area (Å²) in [5.74, 6) is 0.0445. The maximum atomic E-state index is 12.2. The van der Waals surface area contributed by atoms with E-state index >= 15 is 0 Å². The van der Waals surface area contributed by atoms with E-state index in [2.05, 4.69) is 20.5 Å². The number of amides is 1. The van der Waals surface area contributed by atoms with Gasteiger partial charge in [0.25, 0.3) is 5.91 Å². The fraction of sp³-hybridized carbons (Fsp3) is 0.200. The third-order valence-electron chi connectivity index (χ3n) is 2.95. The van der Waals surface area contributed by atoms with Crippen molar-refractivity contribution in [3.05, 3.63) is 45.9 Å². The Hall–Kier alpha value is -2.12. The predicted molar refractivity (Wildman–Crippen MR) is 89.5 cm³/mol. The molecule has 0 saturated carbocycles. The molecule has 7 heteroatoms. The van der Waals surface area contributed by atoms with E-state index in [0.717, 1.165) is 21.3 Å². The predicted octanol–water partition coefficient (Wildman–Crippen LogP) is 4.04. The molecule has 0 saturated heterocycles. The van der Waals surface area contributed by atoms with Crippen molar-refractivity contribution in [2.45, 2.75) is 19.8 Å². The summed E-state index contributed by atoms with van der Waals surface area (Å²) in [5, 5.41) is 14.9. The van der Waals surface area contributed by atoms with Gasteiger partial charge in [0.1, 0.15) is 10.0 Å². The summed E-state index contributed by atoms with van der Waals surface area (Å²) >= 11 is 2.91. The van der Waals surface area contributed by atoms with Gasteiger partial charge in [-0.3, -0.25) is 4.79 Å². The molecule has 0 bridgehead atoms. The van der Waals surface area contributed by atoms with Crippen LogP contribution in [0.4, 0.5) is 5.69 Å². The number of nitrogens with one attached hydrogen (secondary N) is 1. The highest BCUT2D eigenvalue weighted by atomic mass is 32.1. The Balaban J connectivity index is 1.71. The zero-order chi connectivity index (χ0) is 15.5. The highest BCUT2D eigenvalue weighted by Crippen LogP contribution is 2.24. The molecule has 1 amide bonds. The van der Waals surface area contributed by atoms with E-state index in [4.69, 9.17) is 0 Å². The van der Waals surface area contributed by atoms with E-state index in [1.165, 1.54) is 11.3 Å². The van der Waals surface area contributed by atoms with Gasteiger partial charge < -0.3 is 5.32 Å². The molecule has 0 unspecified atom stereocenters. The number of carbonyl (C=O) groups is 1. The smallest absolute Gasteiger partial charge is 0.286 e. The number of aromatic nitrogens is 3. The number of hydrogen-bond donors (Lipinski definition) is 1. The number of anilines is 1. The first-order valence-electron chi connectivity index (χ1n) is 6.78. The van der Waals surface area contributed by atoms with Crippen LogP contribution in [0, 0.1) is 0 Å². The largest absolute Gasteiger partial charge is 0.320 e. The summed E-state index contributed by atoms with van der Waals surface area (Å²) in [6.07, 6.45) is 1.78. The molecule has 0 radical (unpaired) electrons. The number of nitrogens with zero attached hydrogens (tertiary/aromatic N) is 3. The lowest BCUT2D eigenvalue weighted by atomic mass is 10.2. The molecule has 3 rings (SSSR count). The first-order valence-corrected chi connectivity index (χ1v) is 8.48. The number of rotatable bonds is 4. The molecule has 3 aromatic rings. The molecule has 22 heavy (non-hydrogen) atoms. The van der Waals surface area contributed by atoms with Crippen molar-refractivity contribution in [2.75, 3.05) is 5.32 Å². The van der Waals surface area contributed by atoms with Crippen LogP contribution in [0.1, 0.15) is 34.6 Å². The summed E-state index contributed by atoms with van der Waals surface area (Å²) in [6, 6.07) is 7.60. The Morgan fingerprint density at radius 3 is 2.55 bits per heavy atom. The average molecular weight is 330 g/mol. The molecule has 0 aliphatic rings. The summed E-state index contributed by atoms with van der Waals surface area (Å²) < 4.78 is 0. The molecule has 2 heterocycles. The van der Waals surface area contributed by atoms with Crippen LogP contribution in [-0.4, -0.2) is 21.1 Å². The van der Waals surface area contributed by atoms with Gasteiger partial charge in [0.05, 0.1) is 0 Å². The Kier molecular flexibility index (Phi) is 4.26. The highest BCUT2D eigenvalue weighted by Gasteiger charge is 2.14. The summed E-state index contributed by atoms with van der Waals surface area (Å²) in [4.78, 5) is 16.4. The van der Waals surface area contributed by atoms with Crippen molar-refractivity contribution >= 4 is 34.3 Å². The zero-order valence-corrected chi connectivity index (χ0v) is 13.7. The van der Waals surface area contributed by atoms with E-state index in [1.807, 2.05) is 43.5 Å². The van der Waals surface area contributed by atoms with Crippen LogP contribution in [-0.2, 0) is 0 Å². The summed E-state index contributed by atoms with van der Waals surface area (Å²) in [7, 11) is 0. The number of benzene rings is 1. The van der Waals surface area contributed by atoms with E-state index in [0.29, 0.717) is 5.01 Å². The van der Waals surface area contributed by atoms with E-state index in [-0.39, 0.29) is 11.8 Å². The van der Waals surface area contributed by atoms with Crippen molar-refractivity contribution < 1.29 is 4.79 Å². The fourth-order valence-electron chi connectivity index (χ4n) is 1.81. The van der Waals surface area contributed by atoms with Gasteiger partial charge in [-0.05, 0) is 24.3 Å². The maximum Gasteiger partial charge on any atom is 0.286 e. The second-order valence-corrected chi connectivity index (χ2v) is 6.87. The molecule has 112 valence electrons. The zero-order valence-electron chi connectivity index (χ0n) is 12.1.